The van der Waals surface area contributed by atoms with Crippen LogP contribution in [0.25, 0.3) is 0 Å². The van der Waals surface area contributed by atoms with Crippen LogP contribution in [0.15, 0.2) is 0 Å². The molecular formula is C13H24N2O2S. The van der Waals surface area contributed by atoms with E-state index >= 15 is 0 Å². The minimum atomic E-state index is -0.689. The molecule has 0 radical (unpaired) electrons. The van der Waals surface area contributed by atoms with Crippen LogP contribution in [0, 0.1) is 0 Å². The van der Waals surface area contributed by atoms with E-state index in [0.717, 1.165) is 6.54 Å². The van der Waals surface area contributed by atoms with Crippen molar-refractivity contribution in [1.29, 1.82) is 0 Å². The zero-order chi connectivity index (χ0) is 13.8. The first kappa shape index (κ1) is 15.3. The summed E-state index contributed by atoms with van der Waals surface area (Å²) in [5, 5.41) is 3.32. The lowest BCUT2D eigenvalue weighted by Gasteiger charge is -2.34. The van der Waals surface area contributed by atoms with Gasteiger partial charge in [0.05, 0.1) is 0 Å². The fraction of sp³-hybridized carbons (Fsp3) is 0.846. The number of thioether (sulfide) groups is 1. The predicted molar refractivity (Wildman–Crippen MR) is 75.6 cm³/mol. The van der Waals surface area contributed by atoms with Gasteiger partial charge < -0.3 is 10.2 Å². The van der Waals surface area contributed by atoms with E-state index in [1.807, 2.05) is 25.0 Å². The van der Waals surface area contributed by atoms with Gasteiger partial charge in [0, 0.05) is 24.8 Å². The van der Waals surface area contributed by atoms with E-state index in [1.54, 1.807) is 11.8 Å². The molecule has 5 heteroatoms. The Morgan fingerprint density at radius 3 is 2.50 bits per heavy atom. The van der Waals surface area contributed by atoms with Gasteiger partial charge in [-0.1, -0.05) is 20.8 Å². The summed E-state index contributed by atoms with van der Waals surface area (Å²) in [6.45, 7) is 7.29. The zero-order valence-corrected chi connectivity index (χ0v) is 12.6. The highest BCUT2D eigenvalue weighted by molar-refractivity contribution is 7.99. The molecule has 1 aliphatic rings. The van der Waals surface area contributed by atoms with Crippen molar-refractivity contribution in [2.24, 2.45) is 0 Å². The molecule has 18 heavy (non-hydrogen) atoms. The van der Waals surface area contributed by atoms with Gasteiger partial charge >= 0.3 is 0 Å². The van der Waals surface area contributed by atoms with Crippen molar-refractivity contribution in [3.63, 3.8) is 0 Å². The Balaban J connectivity index is 2.92. The number of hydrogen-bond donors (Lipinski definition) is 1. The van der Waals surface area contributed by atoms with Gasteiger partial charge in [-0.2, -0.15) is 11.8 Å². The van der Waals surface area contributed by atoms with Gasteiger partial charge in [0.2, 0.25) is 11.8 Å². The average molecular weight is 272 g/mol. The summed E-state index contributed by atoms with van der Waals surface area (Å²) in [7, 11) is 0. The molecule has 1 heterocycles. The molecule has 1 saturated heterocycles. The van der Waals surface area contributed by atoms with Gasteiger partial charge in [0.15, 0.2) is 0 Å². The Morgan fingerprint density at radius 2 is 2.00 bits per heavy atom. The van der Waals surface area contributed by atoms with Crippen molar-refractivity contribution < 1.29 is 9.59 Å². The smallest absolute Gasteiger partial charge is 0.248 e. The number of hydrogen-bond acceptors (Lipinski definition) is 3. The Labute approximate surface area is 114 Å². The lowest BCUT2D eigenvalue weighted by atomic mass is 9.91. The van der Waals surface area contributed by atoms with Crippen molar-refractivity contribution in [3.05, 3.63) is 0 Å². The molecule has 0 aromatic heterocycles. The molecule has 1 unspecified atom stereocenters. The highest BCUT2D eigenvalue weighted by Crippen LogP contribution is 2.23. The van der Waals surface area contributed by atoms with E-state index in [1.165, 1.54) is 0 Å². The lowest BCUT2D eigenvalue weighted by molar-refractivity contribution is -0.139. The lowest BCUT2D eigenvalue weighted by Crippen LogP contribution is -2.57. The Morgan fingerprint density at radius 1 is 1.39 bits per heavy atom. The van der Waals surface area contributed by atoms with Crippen molar-refractivity contribution in [2.45, 2.75) is 50.8 Å². The maximum atomic E-state index is 12.6. The van der Waals surface area contributed by atoms with Gasteiger partial charge in [0.1, 0.15) is 5.54 Å². The minimum Gasteiger partial charge on any atom is -0.342 e. The number of rotatable bonds is 5. The van der Waals surface area contributed by atoms with Crippen LogP contribution in [0.2, 0.25) is 0 Å². The SMILES string of the molecule is CCC1(CC)NC(=O)CCN(CC(C)SC)C1=O. The summed E-state index contributed by atoms with van der Waals surface area (Å²) in [6.07, 6.45) is 3.76. The summed E-state index contributed by atoms with van der Waals surface area (Å²) < 4.78 is 0. The Kier molecular flexibility index (Phi) is 5.50. The zero-order valence-electron chi connectivity index (χ0n) is 11.8. The molecule has 1 atom stereocenters. The van der Waals surface area contributed by atoms with Crippen molar-refractivity contribution in [3.8, 4) is 0 Å². The van der Waals surface area contributed by atoms with Gasteiger partial charge in [-0.3, -0.25) is 9.59 Å². The summed E-state index contributed by atoms with van der Waals surface area (Å²) in [5.41, 5.74) is -0.689. The molecule has 4 nitrogen and oxygen atoms in total. The summed E-state index contributed by atoms with van der Waals surface area (Å²) in [6, 6.07) is 0. The van der Waals surface area contributed by atoms with Crippen LogP contribution in [0.4, 0.5) is 0 Å². The van der Waals surface area contributed by atoms with Crippen molar-refractivity contribution in [2.75, 3.05) is 19.3 Å². The highest BCUT2D eigenvalue weighted by atomic mass is 32.2. The first-order chi connectivity index (χ1) is 8.49. The molecule has 1 aliphatic heterocycles. The second-order valence-corrected chi connectivity index (χ2v) is 6.16. The Hall–Kier alpha value is -0.710. The van der Waals surface area contributed by atoms with Gasteiger partial charge in [-0.15, -0.1) is 0 Å². The third-order valence-electron chi connectivity index (χ3n) is 3.77. The fourth-order valence-electron chi connectivity index (χ4n) is 2.31. The maximum absolute atomic E-state index is 12.6. The summed E-state index contributed by atoms with van der Waals surface area (Å²) in [5.74, 6) is 0.0746. The molecule has 2 amide bonds. The van der Waals surface area contributed by atoms with E-state index < -0.39 is 5.54 Å². The van der Waals surface area contributed by atoms with Crippen LogP contribution < -0.4 is 5.32 Å². The molecule has 0 aliphatic carbocycles. The predicted octanol–water partition coefficient (Wildman–Crippen LogP) is 1.65. The average Bonchev–Trinajstić information content (AvgIpc) is 2.50. The third kappa shape index (κ3) is 3.19. The van der Waals surface area contributed by atoms with Crippen LogP contribution in [-0.2, 0) is 9.59 Å². The van der Waals surface area contributed by atoms with Gasteiger partial charge in [-0.05, 0) is 19.1 Å². The minimum absolute atomic E-state index is 0.00801. The first-order valence-electron chi connectivity index (χ1n) is 6.62. The topological polar surface area (TPSA) is 49.4 Å². The highest BCUT2D eigenvalue weighted by Gasteiger charge is 2.41. The molecule has 0 saturated carbocycles. The van der Waals surface area contributed by atoms with Crippen LogP contribution in [-0.4, -0.2) is 46.8 Å². The summed E-state index contributed by atoms with van der Waals surface area (Å²) >= 11 is 1.74. The van der Waals surface area contributed by atoms with Crippen LogP contribution in [0.3, 0.4) is 0 Å². The maximum Gasteiger partial charge on any atom is 0.248 e. The summed E-state index contributed by atoms with van der Waals surface area (Å²) in [4.78, 5) is 26.2. The van der Waals surface area contributed by atoms with Crippen LogP contribution in [0.5, 0.6) is 0 Å². The van der Waals surface area contributed by atoms with E-state index in [-0.39, 0.29) is 11.8 Å². The standard InChI is InChI=1S/C13H24N2O2S/c1-5-13(6-2)12(17)15(9-10(3)18-4)8-7-11(16)14-13/h10H,5-9H2,1-4H3,(H,14,16). The molecule has 1 N–H and O–H groups in total. The molecular weight excluding hydrogens is 248 g/mol. The molecule has 104 valence electrons. The molecule has 0 aromatic rings. The second kappa shape index (κ2) is 6.45. The number of carbonyl (C=O) groups excluding carboxylic acids is 2. The molecule has 1 rings (SSSR count). The van der Waals surface area contributed by atoms with Crippen molar-refractivity contribution >= 4 is 23.6 Å². The van der Waals surface area contributed by atoms with Crippen LogP contribution in [0.1, 0.15) is 40.0 Å². The molecule has 1 fully saturated rings. The van der Waals surface area contributed by atoms with E-state index in [2.05, 4.69) is 12.2 Å². The van der Waals surface area contributed by atoms with E-state index in [4.69, 9.17) is 0 Å². The fourth-order valence-corrected chi connectivity index (χ4v) is 2.64. The number of nitrogens with zero attached hydrogens (tertiary/aromatic N) is 1. The monoisotopic (exact) mass is 272 g/mol. The van der Waals surface area contributed by atoms with Crippen LogP contribution >= 0.6 is 11.8 Å². The van der Waals surface area contributed by atoms with E-state index in [9.17, 15) is 9.59 Å². The van der Waals surface area contributed by atoms with E-state index in [0.29, 0.717) is 31.1 Å². The number of carbonyl (C=O) groups is 2. The molecule has 0 bridgehead atoms. The molecule has 0 aromatic carbocycles. The van der Waals surface area contributed by atoms with Gasteiger partial charge in [0.25, 0.3) is 0 Å². The Bertz CT molecular complexity index is 316. The number of amides is 2. The quantitative estimate of drug-likeness (QED) is 0.828. The second-order valence-electron chi connectivity index (χ2n) is 4.88. The largest absolute Gasteiger partial charge is 0.342 e. The van der Waals surface area contributed by atoms with Gasteiger partial charge in [-0.25, -0.2) is 0 Å². The third-order valence-corrected chi connectivity index (χ3v) is 4.72. The van der Waals surface area contributed by atoms with Crippen molar-refractivity contribution in [1.82, 2.24) is 10.2 Å². The normalized spacial score (nSPS) is 21.4. The first-order valence-corrected chi connectivity index (χ1v) is 7.91. The number of nitrogens with one attached hydrogen (secondary N) is 1. The molecule has 0 spiro atoms.